The fourth-order valence-corrected chi connectivity index (χ4v) is 6.05. The quantitative estimate of drug-likeness (QED) is 0.535. The lowest BCUT2D eigenvalue weighted by molar-refractivity contribution is 0.0539. The average Bonchev–Trinajstić information content (AvgIpc) is 3.20. The van der Waals surface area contributed by atoms with Crippen LogP contribution in [0.2, 0.25) is 0 Å². The van der Waals surface area contributed by atoms with Crippen LogP contribution in [0.4, 0.5) is 4.79 Å². The Morgan fingerprint density at radius 2 is 1.54 bits per heavy atom. The standard InChI is InChI=1S/C30H28N2O3/c31-29(33)20-14-12-19(13-15-20)21-16-22-6-5-7-23(17-21)32(22)30(34)35-18-28-26-10-3-1-8-24(26)25-9-2-4-11-27(25)28/h1-4,8-16,22-23,28H,5-7,17-18H2,(H2,31,33). The zero-order valence-electron chi connectivity index (χ0n) is 19.5. The number of ether oxygens (including phenoxy) is 1. The predicted molar refractivity (Wildman–Crippen MR) is 136 cm³/mol. The molecule has 0 aromatic heterocycles. The highest BCUT2D eigenvalue weighted by Gasteiger charge is 2.39. The molecule has 2 aliphatic heterocycles. The summed E-state index contributed by atoms with van der Waals surface area (Å²) in [6, 6.07) is 24.4. The number of primary amides is 1. The third-order valence-electron chi connectivity index (χ3n) is 7.72. The minimum atomic E-state index is -0.424. The Morgan fingerprint density at radius 3 is 2.17 bits per heavy atom. The van der Waals surface area contributed by atoms with E-state index in [1.807, 2.05) is 17.0 Å². The Hall–Kier alpha value is -3.86. The summed E-state index contributed by atoms with van der Waals surface area (Å²) in [5.74, 6) is -0.363. The number of hydrogen-bond acceptors (Lipinski definition) is 3. The van der Waals surface area contributed by atoms with E-state index in [9.17, 15) is 9.59 Å². The van der Waals surface area contributed by atoms with E-state index in [4.69, 9.17) is 10.5 Å². The lowest BCUT2D eigenvalue weighted by Gasteiger charge is -2.44. The van der Waals surface area contributed by atoms with Gasteiger partial charge in [0.2, 0.25) is 5.91 Å². The molecule has 2 amide bonds. The molecule has 0 radical (unpaired) electrons. The second kappa shape index (κ2) is 8.73. The molecule has 1 fully saturated rings. The molecule has 6 rings (SSSR count). The molecular weight excluding hydrogens is 436 g/mol. The molecular formula is C30H28N2O3. The normalized spacial score (nSPS) is 20.6. The largest absolute Gasteiger partial charge is 0.448 e. The van der Waals surface area contributed by atoms with E-state index < -0.39 is 5.91 Å². The number of nitrogens with zero attached hydrogens (tertiary/aromatic N) is 1. The van der Waals surface area contributed by atoms with Crippen molar-refractivity contribution in [1.29, 1.82) is 0 Å². The molecule has 2 bridgehead atoms. The van der Waals surface area contributed by atoms with Gasteiger partial charge in [-0.2, -0.15) is 0 Å². The highest BCUT2D eigenvalue weighted by molar-refractivity contribution is 5.93. The Labute approximate surface area is 205 Å². The fraction of sp³-hybridized carbons (Fsp3) is 0.267. The lowest BCUT2D eigenvalue weighted by Crippen LogP contribution is -2.51. The van der Waals surface area contributed by atoms with Crippen molar-refractivity contribution in [3.63, 3.8) is 0 Å². The van der Waals surface area contributed by atoms with Crippen LogP contribution in [0.15, 0.2) is 78.9 Å². The van der Waals surface area contributed by atoms with Gasteiger partial charge in [-0.15, -0.1) is 0 Å². The summed E-state index contributed by atoms with van der Waals surface area (Å²) >= 11 is 0. The van der Waals surface area contributed by atoms with Crippen LogP contribution in [0.1, 0.15) is 58.6 Å². The first-order valence-electron chi connectivity index (χ1n) is 12.3. The first kappa shape index (κ1) is 21.7. The minimum absolute atomic E-state index is 0.0315. The Balaban J connectivity index is 1.20. The van der Waals surface area contributed by atoms with Crippen LogP contribution >= 0.6 is 0 Å². The monoisotopic (exact) mass is 464 g/mol. The van der Waals surface area contributed by atoms with E-state index in [1.54, 1.807) is 12.1 Å². The Morgan fingerprint density at radius 1 is 0.886 bits per heavy atom. The van der Waals surface area contributed by atoms with Crippen LogP contribution in [-0.2, 0) is 4.74 Å². The van der Waals surface area contributed by atoms with E-state index in [-0.39, 0.29) is 24.1 Å². The number of hydrogen-bond donors (Lipinski definition) is 1. The zero-order valence-corrected chi connectivity index (χ0v) is 19.5. The van der Waals surface area contributed by atoms with Gasteiger partial charge in [0.1, 0.15) is 6.61 Å². The molecule has 2 heterocycles. The second-order valence-corrected chi connectivity index (χ2v) is 9.70. The highest BCUT2D eigenvalue weighted by Crippen LogP contribution is 2.45. The van der Waals surface area contributed by atoms with Gasteiger partial charge in [0.05, 0.1) is 6.04 Å². The Bertz CT molecular complexity index is 1280. The summed E-state index contributed by atoms with van der Waals surface area (Å²) < 4.78 is 6.00. The van der Waals surface area contributed by atoms with Crippen LogP contribution < -0.4 is 5.73 Å². The van der Waals surface area contributed by atoms with Gasteiger partial charge < -0.3 is 10.5 Å². The zero-order chi connectivity index (χ0) is 23.9. The predicted octanol–water partition coefficient (Wildman–Crippen LogP) is 5.74. The number of carbonyl (C=O) groups excluding carboxylic acids is 2. The van der Waals surface area contributed by atoms with Gasteiger partial charge in [-0.05, 0) is 71.2 Å². The van der Waals surface area contributed by atoms with Crippen LogP contribution in [0.3, 0.4) is 0 Å². The molecule has 0 saturated carbocycles. The Kier molecular flexibility index (Phi) is 5.40. The molecule has 35 heavy (non-hydrogen) atoms. The smallest absolute Gasteiger partial charge is 0.410 e. The summed E-state index contributed by atoms with van der Waals surface area (Å²) in [5, 5.41) is 0. The summed E-state index contributed by atoms with van der Waals surface area (Å²) in [7, 11) is 0. The molecule has 3 aliphatic rings. The van der Waals surface area contributed by atoms with Gasteiger partial charge >= 0.3 is 6.09 Å². The second-order valence-electron chi connectivity index (χ2n) is 9.70. The van der Waals surface area contributed by atoms with E-state index in [0.29, 0.717) is 12.2 Å². The van der Waals surface area contributed by atoms with Gasteiger partial charge in [-0.3, -0.25) is 9.69 Å². The highest BCUT2D eigenvalue weighted by atomic mass is 16.6. The number of fused-ring (bicyclic) bond motifs is 5. The van der Waals surface area contributed by atoms with Gasteiger partial charge in [0.15, 0.2) is 0 Å². The maximum atomic E-state index is 13.4. The maximum Gasteiger partial charge on any atom is 0.410 e. The van der Waals surface area contributed by atoms with Crippen molar-refractivity contribution in [2.75, 3.05) is 6.61 Å². The summed E-state index contributed by atoms with van der Waals surface area (Å²) in [5.41, 5.74) is 13.1. The molecule has 0 spiro atoms. The number of piperidine rings is 1. The molecule has 5 heteroatoms. The number of benzene rings is 3. The third kappa shape index (κ3) is 3.81. The molecule has 2 atom stereocenters. The van der Waals surface area contributed by atoms with E-state index >= 15 is 0 Å². The number of amides is 2. The topological polar surface area (TPSA) is 72.6 Å². The van der Waals surface area contributed by atoms with Gasteiger partial charge in [0.25, 0.3) is 0 Å². The molecule has 1 aliphatic carbocycles. The minimum Gasteiger partial charge on any atom is -0.448 e. The van der Waals surface area contributed by atoms with Crippen molar-refractivity contribution in [2.24, 2.45) is 5.73 Å². The summed E-state index contributed by atoms with van der Waals surface area (Å²) in [6.45, 7) is 0.341. The van der Waals surface area contributed by atoms with Crippen molar-refractivity contribution < 1.29 is 14.3 Å². The maximum absolute atomic E-state index is 13.4. The first-order chi connectivity index (χ1) is 17.1. The summed E-state index contributed by atoms with van der Waals surface area (Å²) in [4.78, 5) is 26.7. The fourth-order valence-electron chi connectivity index (χ4n) is 6.05. The average molecular weight is 465 g/mol. The van der Waals surface area contributed by atoms with E-state index in [2.05, 4.69) is 54.6 Å². The van der Waals surface area contributed by atoms with Crippen LogP contribution in [0.25, 0.3) is 16.7 Å². The van der Waals surface area contributed by atoms with Crippen LogP contribution in [0.5, 0.6) is 0 Å². The molecule has 176 valence electrons. The van der Waals surface area contributed by atoms with Crippen molar-refractivity contribution in [3.05, 3.63) is 101 Å². The van der Waals surface area contributed by atoms with Crippen LogP contribution in [0, 0.1) is 0 Å². The van der Waals surface area contributed by atoms with Crippen molar-refractivity contribution in [1.82, 2.24) is 4.90 Å². The molecule has 5 nitrogen and oxygen atoms in total. The van der Waals surface area contributed by atoms with Crippen molar-refractivity contribution in [2.45, 2.75) is 43.7 Å². The number of carbonyl (C=O) groups is 2. The lowest BCUT2D eigenvalue weighted by atomic mass is 9.83. The molecule has 1 saturated heterocycles. The number of rotatable bonds is 4. The van der Waals surface area contributed by atoms with E-state index in [0.717, 1.165) is 31.2 Å². The van der Waals surface area contributed by atoms with Crippen LogP contribution in [-0.4, -0.2) is 35.6 Å². The molecule has 3 aromatic rings. The third-order valence-corrected chi connectivity index (χ3v) is 7.72. The van der Waals surface area contributed by atoms with Crippen molar-refractivity contribution >= 4 is 17.6 Å². The molecule has 3 aromatic carbocycles. The van der Waals surface area contributed by atoms with Gasteiger partial charge in [-0.25, -0.2) is 4.79 Å². The van der Waals surface area contributed by atoms with Crippen molar-refractivity contribution in [3.8, 4) is 11.1 Å². The number of nitrogens with two attached hydrogens (primary N) is 1. The SMILES string of the molecule is NC(=O)c1ccc(C2=CC3CCCC(C2)N3C(=O)OCC2c3ccccc3-c3ccccc32)cc1. The first-order valence-corrected chi connectivity index (χ1v) is 12.3. The van der Waals surface area contributed by atoms with Gasteiger partial charge in [0, 0.05) is 17.5 Å². The van der Waals surface area contributed by atoms with E-state index in [1.165, 1.54) is 27.8 Å². The molecule has 2 N–H and O–H groups in total. The molecule has 2 unspecified atom stereocenters. The summed E-state index contributed by atoms with van der Waals surface area (Å²) in [6.07, 6.45) is 5.78. The van der Waals surface area contributed by atoms with Gasteiger partial charge in [-0.1, -0.05) is 66.7 Å².